The molecule has 1 rings (SSSR count). The van der Waals surface area contributed by atoms with Gasteiger partial charge in [-0.05, 0) is 31.9 Å². The van der Waals surface area contributed by atoms with E-state index in [-0.39, 0.29) is 24.0 Å². The van der Waals surface area contributed by atoms with E-state index in [4.69, 9.17) is 15.4 Å². The Morgan fingerprint density at radius 3 is 2.30 bits per heavy atom. The molecule has 0 heterocycles. The Morgan fingerprint density at radius 2 is 1.90 bits per heavy atom. The number of nitro groups is 1. The van der Waals surface area contributed by atoms with Crippen molar-refractivity contribution in [1.82, 2.24) is 0 Å². The first-order valence-corrected chi connectivity index (χ1v) is 9.35. The Balaban J connectivity index is 2.81. The standard InChI is InChI=1S/C10H10Br2ClNO5S/c1-6(5-20(13,17)18)4-19-10-8(11)2-7(14(15)16)3-9(10)12/h2-3,6H,4-5H2,1H3. The molecule has 1 aromatic rings. The van der Waals surface area contributed by atoms with Gasteiger partial charge >= 0.3 is 0 Å². The van der Waals surface area contributed by atoms with Crippen molar-refractivity contribution in [3.63, 3.8) is 0 Å². The average Bonchev–Trinajstić information content (AvgIpc) is 2.24. The normalized spacial score (nSPS) is 13.0. The highest BCUT2D eigenvalue weighted by Crippen LogP contribution is 2.37. The van der Waals surface area contributed by atoms with Crippen LogP contribution in [0.25, 0.3) is 0 Å². The van der Waals surface area contributed by atoms with Crippen molar-refractivity contribution in [2.24, 2.45) is 5.92 Å². The molecule has 0 aliphatic rings. The first-order valence-electron chi connectivity index (χ1n) is 5.28. The summed E-state index contributed by atoms with van der Waals surface area (Å²) < 4.78 is 28.1. The summed E-state index contributed by atoms with van der Waals surface area (Å²) in [6.07, 6.45) is 0. The molecule has 0 bridgehead atoms. The van der Waals surface area contributed by atoms with Gasteiger partial charge in [-0.1, -0.05) is 6.92 Å². The number of non-ortho nitro benzene ring substituents is 1. The molecule has 0 spiro atoms. The molecular formula is C10H10Br2ClNO5S. The largest absolute Gasteiger partial charge is 0.491 e. The molecule has 0 saturated heterocycles. The molecule has 10 heteroatoms. The molecule has 0 fully saturated rings. The number of ether oxygens (including phenoxy) is 1. The Morgan fingerprint density at radius 1 is 1.40 bits per heavy atom. The lowest BCUT2D eigenvalue weighted by molar-refractivity contribution is -0.385. The fourth-order valence-electron chi connectivity index (χ4n) is 1.40. The Labute approximate surface area is 137 Å². The summed E-state index contributed by atoms with van der Waals surface area (Å²) in [6, 6.07) is 2.62. The number of nitrogens with zero attached hydrogens (tertiary/aromatic N) is 1. The highest BCUT2D eigenvalue weighted by molar-refractivity contribution is 9.11. The van der Waals surface area contributed by atoms with E-state index in [0.717, 1.165) is 0 Å². The van der Waals surface area contributed by atoms with Gasteiger partial charge in [-0.25, -0.2) is 8.42 Å². The summed E-state index contributed by atoms with van der Waals surface area (Å²) in [6.45, 7) is 1.79. The summed E-state index contributed by atoms with van der Waals surface area (Å²) in [4.78, 5) is 10.2. The van der Waals surface area contributed by atoms with E-state index < -0.39 is 14.0 Å². The summed E-state index contributed by atoms with van der Waals surface area (Å²) in [5, 5.41) is 10.7. The average molecular weight is 452 g/mol. The van der Waals surface area contributed by atoms with Crippen molar-refractivity contribution >= 4 is 57.3 Å². The molecule has 0 N–H and O–H groups in total. The lowest BCUT2D eigenvalue weighted by atomic mass is 10.2. The fraction of sp³-hybridized carbons (Fsp3) is 0.400. The molecule has 0 amide bonds. The molecule has 6 nitrogen and oxygen atoms in total. The van der Waals surface area contributed by atoms with Gasteiger partial charge in [-0.3, -0.25) is 10.1 Å². The van der Waals surface area contributed by atoms with Crippen molar-refractivity contribution in [2.45, 2.75) is 6.92 Å². The van der Waals surface area contributed by atoms with Crippen LogP contribution in [0.4, 0.5) is 5.69 Å². The number of hydrogen-bond donors (Lipinski definition) is 0. The zero-order chi connectivity index (χ0) is 15.5. The third-order valence-electron chi connectivity index (χ3n) is 2.19. The van der Waals surface area contributed by atoms with Crippen molar-refractivity contribution in [2.75, 3.05) is 12.4 Å². The van der Waals surface area contributed by atoms with E-state index >= 15 is 0 Å². The summed E-state index contributed by atoms with van der Waals surface area (Å²) in [5.74, 6) is -0.155. The number of rotatable bonds is 6. The van der Waals surface area contributed by atoms with Gasteiger partial charge in [-0.15, -0.1) is 0 Å². The molecule has 1 atom stereocenters. The zero-order valence-corrected chi connectivity index (χ0v) is 14.9. The number of halogens is 3. The van der Waals surface area contributed by atoms with Crippen LogP contribution < -0.4 is 4.74 Å². The van der Waals surface area contributed by atoms with Crippen molar-refractivity contribution in [3.05, 3.63) is 31.2 Å². The molecule has 0 aromatic heterocycles. The van der Waals surface area contributed by atoms with Crippen molar-refractivity contribution in [1.29, 1.82) is 0 Å². The minimum atomic E-state index is -3.59. The van der Waals surface area contributed by atoms with Crippen LogP contribution in [0.15, 0.2) is 21.1 Å². The van der Waals surface area contributed by atoms with Gasteiger partial charge in [-0.2, -0.15) is 0 Å². The summed E-state index contributed by atoms with van der Waals surface area (Å²) in [5.41, 5.74) is -0.0903. The molecule has 20 heavy (non-hydrogen) atoms. The molecule has 0 aliphatic heterocycles. The van der Waals surface area contributed by atoms with E-state index in [2.05, 4.69) is 31.9 Å². The topological polar surface area (TPSA) is 86.5 Å². The van der Waals surface area contributed by atoms with Gasteiger partial charge in [0.15, 0.2) is 0 Å². The van der Waals surface area contributed by atoms with Crippen LogP contribution >= 0.6 is 42.5 Å². The minimum absolute atomic E-state index is 0.0903. The van der Waals surface area contributed by atoms with Gasteiger partial charge in [0.05, 0.1) is 26.2 Å². The van der Waals surface area contributed by atoms with Crippen LogP contribution in [-0.2, 0) is 9.05 Å². The highest BCUT2D eigenvalue weighted by atomic mass is 79.9. The molecule has 1 aromatic carbocycles. The van der Waals surface area contributed by atoms with E-state index in [1.165, 1.54) is 12.1 Å². The molecule has 0 radical (unpaired) electrons. The van der Waals surface area contributed by atoms with Crippen LogP contribution in [0.3, 0.4) is 0 Å². The van der Waals surface area contributed by atoms with E-state index in [1.54, 1.807) is 6.92 Å². The number of benzene rings is 1. The van der Waals surface area contributed by atoms with Gasteiger partial charge in [0.1, 0.15) is 5.75 Å². The lowest BCUT2D eigenvalue weighted by Crippen LogP contribution is -2.16. The maximum Gasteiger partial charge on any atom is 0.271 e. The minimum Gasteiger partial charge on any atom is -0.491 e. The first kappa shape index (κ1) is 17.7. The molecule has 0 aliphatic carbocycles. The Kier molecular flexibility index (Phi) is 6.24. The zero-order valence-electron chi connectivity index (χ0n) is 10.2. The smallest absolute Gasteiger partial charge is 0.271 e. The van der Waals surface area contributed by atoms with Gasteiger partial charge in [0, 0.05) is 28.7 Å². The van der Waals surface area contributed by atoms with Crippen LogP contribution in [0, 0.1) is 16.0 Å². The van der Waals surface area contributed by atoms with Crippen LogP contribution in [0.5, 0.6) is 5.75 Å². The maximum absolute atomic E-state index is 10.9. The molecule has 0 saturated carbocycles. The molecular weight excluding hydrogens is 441 g/mol. The number of hydrogen-bond acceptors (Lipinski definition) is 5. The second kappa shape index (κ2) is 7.06. The third kappa shape index (κ3) is 5.55. The quantitative estimate of drug-likeness (QED) is 0.374. The lowest BCUT2D eigenvalue weighted by Gasteiger charge is -2.14. The van der Waals surface area contributed by atoms with Crippen LogP contribution in [0.1, 0.15) is 6.92 Å². The SMILES string of the molecule is CC(COc1c(Br)cc([N+](=O)[O-])cc1Br)CS(=O)(=O)Cl. The second-order valence-electron chi connectivity index (χ2n) is 4.12. The highest BCUT2D eigenvalue weighted by Gasteiger charge is 2.18. The van der Waals surface area contributed by atoms with E-state index in [9.17, 15) is 18.5 Å². The first-order chi connectivity index (χ1) is 9.10. The second-order valence-corrected chi connectivity index (χ2v) is 8.65. The molecule has 1 unspecified atom stereocenters. The maximum atomic E-state index is 10.9. The third-order valence-corrected chi connectivity index (χ3v) is 4.71. The number of nitro benzene ring substituents is 1. The predicted molar refractivity (Wildman–Crippen MR) is 82.8 cm³/mol. The fourth-order valence-corrected chi connectivity index (χ4v) is 4.22. The molecule has 112 valence electrons. The summed E-state index contributed by atoms with van der Waals surface area (Å²) in [7, 11) is 1.56. The Hall–Kier alpha value is -0.380. The van der Waals surface area contributed by atoms with Crippen molar-refractivity contribution in [3.8, 4) is 5.75 Å². The van der Waals surface area contributed by atoms with Crippen LogP contribution in [0.2, 0.25) is 0 Å². The monoisotopic (exact) mass is 449 g/mol. The summed E-state index contributed by atoms with van der Waals surface area (Å²) >= 11 is 6.35. The van der Waals surface area contributed by atoms with Crippen molar-refractivity contribution < 1.29 is 18.1 Å². The Bertz CT molecular complexity index is 599. The predicted octanol–water partition coefficient (Wildman–Crippen LogP) is 3.70. The van der Waals surface area contributed by atoms with E-state index in [0.29, 0.717) is 14.7 Å². The van der Waals surface area contributed by atoms with Gasteiger partial charge < -0.3 is 4.74 Å². The van der Waals surface area contributed by atoms with Gasteiger partial charge in [0.2, 0.25) is 9.05 Å². The van der Waals surface area contributed by atoms with E-state index in [1.807, 2.05) is 0 Å². The van der Waals surface area contributed by atoms with Gasteiger partial charge in [0.25, 0.3) is 5.69 Å². The van der Waals surface area contributed by atoms with Crippen LogP contribution in [-0.4, -0.2) is 25.7 Å².